The number of carbonyl (C=O) groups is 1. The minimum absolute atomic E-state index is 0.114. The monoisotopic (exact) mass is 479 g/mol. The average molecular weight is 480 g/mol. The lowest BCUT2D eigenvalue weighted by molar-refractivity contribution is 0.104. The number of carbonyl (C=O) groups excluding carboxylic acids is 1. The molecule has 0 radical (unpaired) electrons. The van der Waals surface area contributed by atoms with Crippen LogP contribution in [-0.2, 0) is 0 Å². The summed E-state index contributed by atoms with van der Waals surface area (Å²) in [6, 6.07) is 16.4. The lowest BCUT2D eigenvalue weighted by atomic mass is 10.1. The van der Waals surface area contributed by atoms with Crippen LogP contribution >= 0.6 is 11.6 Å². The third-order valence-corrected chi connectivity index (χ3v) is 5.24. The molecule has 0 aliphatic rings. The molecule has 0 spiro atoms. The number of allylic oxidation sites excluding steroid dienone is 1. The number of halogens is 1. The van der Waals surface area contributed by atoms with Crippen LogP contribution in [0.25, 0.3) is 12.2 Å². The van der Waals surface area contributed by atoms with E-state index in [2.05, 4.69) is 5.32 Å². The van der Waals surface area contributed by atoms with Gasteiger partial charge in [0.15, 0.2) is 23.0 Å². The van der Waals surface area contributed by atoms with Gasteiger partial charge in [-0.05, 0) is 35.4 Å². The van der Waals surface area contributed by atoms with Crippen LogP contribution in [0.2, 0.25) is 5.02 Å². The van der Waals surface area contributed by atoms with Crippen LogP contribution in [0.1, 0.15) is 21.5 Å². The third-order valence-electron chi connectivity index (χ3n) is 4.96. The number of rotatable bonds is 10. The van der Waals surface area contributed by atoms with Crippen LogP contribution < -0.4 is 24.3 Å². The van der Waals surface area contributed by atoms with Crippen molar-refractivity contribution in [3.63, 3.8) is 0 Å². The largest absolute Gasteiger partial charge is 0.493 e. The zero-order valence-electron chi connectivity index (χ0n) is 19.4. The van der Waals surface area contributed by atoms with Crippen LogP contribution in [0.15, 0.2) is 66.9 Å². The van der Waals surface area contributed by atoms with Crippen molar-refractivity contribution in [1.29, 1.82) is 0 Å². The molecule has 0 bridgehead atoms. The Bertz CT molecular complexity index is 1180. The molecule has 1 N–H and O–H groups in total. The standard InChI is InChI=1S/C27H26ClNO5/c1-31-24-16-19(17-25(32-2)27(24)34-4)11-10-18-14-21(28)26(33-3)22(15-18)29-13-12-23(30)20-8-6-5-7-9-20/h5-17,29H,1-4H3. The molecule has 34 heavy (non-hydrogen) atoms. The van der Waals surface area contributed by atoms with Gasteiger partial charge in [-0.2, -0.15) is 0 Å². The van der Waals surface area contributed by atoms with E-state index in [9.17, 15) is 4.79 Å². The fourth-order valence-electron chi connectivity index (χ4n) is 3.32. The number of hydrogen-bond acceptors (Lipinski definition) is 6. The summed E-state index contributed by atoms with van der Waals surface area (Å²) in [7, 11) is 6.24. The van der Waals surface area contributed by atoms with Gasteiger partial charge in [-0.3, -0.25) is 4.79 Å². The molecule has 0 saturated heterocycles. The van der Waals surface area contributed by atoms with E-state index in [4.69, 9.17) is 30.5 Å². The zero-order chi connectivity index (χ0) is 24.5. The van der Waals surface area contributed by atoms with Gasteiger partial charge >= 0.3 is 0 Å². The molecule has 0 unspecified atom stereocenters. The van der Waals surface area contributed by atoms with Crippen molar-refractivity contribution >= 4 is 35.2 Å². The van der Waals surface area contributed by atoms with Crippen LogP contribution in [0, 0.1) is 0 Å². The molecule has 3 aromatic rings. The minimum Gasteiger partial charge on any atom is -0.493 e. The molecule has 0 aromatic heterocycles. The molecule has 0 saturated carbocycles. The summed E-state index contributed by atoms with van der Waals surface area (Å²) in [6.45, 7) is 0. The van der Waals surface area contributed by atoms with Gasteiger partial charge in [0.25, 0.3) is 0 Å². The first-order valence-electron chi connectivity index (χ1n) is 10.4. The molecule has 0 aliphatic heterocycles. The Morgan fingerprint density at radius 1 is 0.794 bits per heavy atom. The molecule has 0 atom stereocenters. The highest BCUT2D eigenvalue weighted by Crippen LogP contribution is 2.39. The van der Waals surface area contributed by atoms with Crippen molar-refractivity contribution in [3.05, 3.63) is 88.6 Å². The van der Waals surface area contributed by atoms with E-state index < -0.39 is 0 Å². The number of nitrogens with one attached hydrogen (secondary N) is 1. The highest BCUT2D eigenvalue weighted by molar-refractivity contribution is 6.32. The van der Waals surface area contributed by atoms with Gasteiger partial charge in [-0.15, -0.1) is 0 Å². The van der Waals surface area contributed by atoms with Crippen LogP contribution in [0.5, 0.6) is 23.0 Å². The lowest BCUT2D eigenvalue weighted by Gasteiger charge is -2.13. The first kappa shape index (κ1) is 24.7. The summed E-state index contributed by atoms with van der Waals surface area (Å²) in [4.78, 5) is 12.3. The van der Waals surface area contributed by atoms with E-state index in [1.165, 1.54) is 13.2 Å². The highest BCUT2D eigenvalue weighted by atomic mass is 35.5. The van der Waals surface area contributed by atoms with E-state index in [1.807, 2.05) is 48.6 Å². The molecule has 6 nitrogen and oxygen atoms in total. The van der Waals surface area contributed by atoms with Crippen LogP contribution in [0.4, 0.5) is 5.69 Å². The molecule has 7 heteroatoms. The zero-order valence-corrected chi connectivity index (χ0v) is 20.2. The number of ketones is 1. The number of benzene rings is 3. The van der Waals surface area contributed by atoms with E-state index in [-0.39, 0.29) is 5.78 Å². The summed E-state index contributed by atoms with van der Waals surface area (Å²) in [5.41, 5.74) is 2.90. The van der Waals surface area contributed by atoms with Gasteiger partial charge < -0.3 is 24.3 Å². The topological polar surface area (TPSA) is 66.0 Å². The van der Waals surface area contributed by atoms with Crippen LogP contribution in [-0.4, -0.2) is 34.2 Å². The molecule has 176 valence electrons. The summed E-state index contributed by atoms with van der Waals surface area (Å²) < 4.78 is 21.6. The van der Waals surface area contributed by atoms with Gasteiger partial charge in [0.1, 0.15) is 0 Å². The van der Waals surface area contributed by atoms with Gasteiger partial charge in [0.2, 0.25) is 5.75 Å². The Hall–Kier alpha value is -3.90. The fraction of sp³-hybridized carbons (Fsp3) is 0.148. The van der Waals surface area contributed by atoms with Gasteiger partial charge in [0, 0.05) is 17.8 Å². The van der Waals surface area contributed by atoms with E-state index >= 15 is 0 Å². The van der Waals surface area contributed by atoms with Crippen molar-refractivity contribution in [2.24, 2.45) is 0 Å². The first-order chi connectivity index (χ1) is 16.5. The SMILES string of the molecule is COc1cc(C=Cc2cc(Cl)c(OC)c(NC=CC(=O)c3ccccc3)c2)cc(OC)c1OC. The predicted octanol–water partition coefficient (Wildman–Crippen LogP) is 6.35. The lowest BCUT2D eigenvalue weighted by Crippen LogP contribution is -1.98. The summed E-state index contributed by atoms with van der Waals surface area (Å²) in [5, 5.41) is 3.52. The second kappa shape index (κ2) is 11.8. The molecule has 0 heterocycles. The normalized spacial score (nSPS) is 11.0. The number of hydrogen-bond donors (Lipinski definition) is 1. The van der Waals surface area contributed by atoms with Crippen molar-refractivity contribution < 1.29 is 23.7 Å². The molecule has 0 fully saturated rings. The summed E-state index contributed by atoms with van der Waals surface area (Å²) in [6.07, 6.45) is 6.83. The Kier molecular flexibility index (Phi) is 8.60. The second-order valence-corrected chi connectivity index (χ2v) is 7.49. The van der Waals surface area contributed by atoms with Gasteiger partial charge in [-0.25, -0.2) is 0 Å². The summed E-state index contributed by atoms with van der Waals surface area (Å²) >= 11 is 6.44. The minimum atomic E-state index is -0.114. The Balaban J connectivity index is 1.86. The second-order valence-electron chi connectivity index (χ2n) is 7.08. The molecule has 0 amide bonds. The molecular formula is C27H26ClNO5. The molecule has 0 aliphatic carbocycles. The Morgan fingerprint density at radius 3 is 1.94 bits per heavy atom. The van der Waals surface area contributed by atoms with Gasteiger partial charge in [0.05, 0.1) is 39.1 Å². The molecule has 3 aromatic carbocycles. The van der Waals surface area contributed by atoms with Crippen molar-refractivity contribution in [1.82, 2.24) is 0 Å². The Morgan fingerprint density at radius 2 is 1.38 bits per heavy atom. The first-order valence-corrected chi connectivity index (χ1v) is 10.8. The van der Waals surface area contributed by atoms with Crippen LogP contribution in [0.3, 0.4) is 0 Å². The maximum Gasteiger partial charge on any atom is 0.203 e. The smallest absolute Gasteiger partial charge is 0.203 e. The maximum absolute atomic E-state index is 12.3. The van der Waals surface area contributed by atoms with E-state index in [0.29, 0.717) is 39.3 Å². The fourth-order valence-corrected chi connectivity index (χ4v) is 3.63. The molecule has 3 rings (SSSR count). The maximum atomic E-state index is 12.3. The highest BCUT2D eigenvalue weighted by Gasteiger charge is 2.13. The number of ether oxygens (including phenoxy) is 4. The number of anilines is 1. The van der Waals surface area contributed by atoms with Gasteiger partial charge in [-0.1, -0.05) is 54.1 Å². The van der Waals surface area contributed by atoms with E-state index in [0.717, 1.165) is 11.1 Å². The predicted molar refractivity (Wildman–Crippen MR) is 137 cm³/mol. The average Bonchev–Trinajstić information content (AvgIpc) is 2.87. The summed E-state index contributed by atoms with van der Waals surface area (Å²) in [5.74, 6) is 2.01. The number of methoxy groups -OCH3 is 4. The molecular weight excluding hydrogens is 454 g/mol. The van der Waals surface area contributed by atoms with E-state index in [1.54, 1.807) is 45.7 Å². The van der Waals surface area contributed by atoms with Crippen molar-refractivity contribution in [2.75, 3.05) is 33.8 Å². The van der Waals surface area contributed by atoms with Crippen molar-refractivity contribution in [2.45, 2.75) is 0 Å². The quantitative estimate of drug-likeness (QED) is 0.207. The third kappa shape index (κ3) is 5.91. The Labute approximate surface area is 204 Å². The van der Waals surface area contributed by atoms with Crippen molar-refractivity contribution in [3.8, 4) is 23.0 Å².